The van der Waals surface area contributed by atoms with Crippen molar-refractivity contribution in [3.05, 3.63) is 34.1 Å². The van der Waals surface area contributed by atoms with Crippen molar-refractivity contribution >= 4 is 23.3 Å². The minimum Gasteiger partial charge on any atom is -0.370 e. The molecule has 0 aliphatic rings. The molecule has 0 saturated carbocycles. The summed E-state index contributed by atoms with van der Waals surface area (Å²) in [5.41, 5.74) is 14.8. The maximum atomic E-state index is 13.3. The number of hydrogen-bond acceptors (Lipinski definition) is 3. The van der Waals surface area contributed by atoms with E-state index < -0.39 is 10.7 Å². The lowest BCUT2D eigenvalue weighted by Crippen LogP contribution is -2.26. The lowest BCUT2D eigenvalue weighted by Gasteiger charge is -1.98. The minimum atomic E-state index is -0.895. The summed E-state index contributed by atoms with van der Waals surface area (Å²) in [6, 6.07) is 2.91. The Labute approximate surface area is 94.8 Å². The summed E-state index contributed by atoms with van der Waals surface area (Å²) in [4.78, 5) is 16.5. The fourth-order valence-electron chi connectivity index (χ4n) is 0.981. The van der Waals surface area contributed by atoms with E-state index in [1.54, 1.807) is 0 Å². The van der Waals surface area contributed by atoms with Crippen molar-refractivity contribution < 1.29 is 9.31 Å². The Balaban J connectivity index is 3.09. The smallest absolute Gasteiger partial charge is 0.272 e. The van der Waals surface area contributed by atoms with Crippen LogP contribution in [0.15, 0.2) is 28.2 Å². The second-order valence-electron chi connectivity index (χ2n) is 2.90. The van der Waals surface area contributed by atoms with Crippen LogP contribution < -0.4 is 17.2 Å². The first-order valence-corrected chi connectivity index (χ1v) is 4.28. The van der Waals surface area contributed by atoms with Gasteiger partial charge in [-0.3, -0.25) is 10.1 Å². The summed E-state index contributed by atoms with van der Waals surface area (Å²) in [7, 11) is 0. The Hall–Kier alpha value is -2.71. The lowest BCUT2D eigenvalue weighted by molar-refractivity contribution is -0.385. The molecule has 0 amide bonds. The molecule has 8 nitrogen and oxygen atoms in total. The molecule has 0 aliphatic carbocycles. The number of aliphatic imine (C=N–C) groups is 2. The van der Waals surface area contributed by atoms with Gasteiger partial charge in [-0.2, -0.15) is 4.99 Å². The molecule has 0 spiro atoms. The van der Waals surface area contributed by atoms with Gasteiger partial charge in [-0.1, -0.05) is 0 Å². The number of nitrogens with zero attached hydrogens (tertiary/aromatic N) is 3. The number of halogens is 1. The maximum absolute atomic E-state index is 13.3. The zero-order chi connectivity index (χ0) is 13.0. The Bertz CT molecular complexity index is 509. The standard InChI is InChI=1S/C8H9FN6O2/c9-5-3-4(15(16)17)1-2-6(5)13-8(12)14-7(10)11/h1-3H,(H6,10,11,12,13,14). The molecule has 0 aliphatic heterocycles. The molecular formula is C8H9FN6O2. The predicted molar refractivity (Wildman–Crippen MR) is 60.1 cm³/mol. The summed E-state index contributed by atoms with van der Waals surface area (Å²) < 4.78 is 13.3. The third-order valence-electron chi connectivity index (χ3n) is 1.62. The fraction of sp³-hybridized carbons (Fsp3) is 0. The second kappa shape index (κ2) is 4.88. The molecule has 0 atom stereocenters. The van der Waals surface area contributed by atoms with E-state index >= 15 is 0 Å². The molecule has 0 radical (unpaired) electrons. The molecule has 0 bridgehead atoms. The van der Waals surface area contributed by atoms with Crippen molar-refractivity contribution in [2.75, 3.05) is 0 Å². The van der Waals surface area contributed by atoms with Crippen LogP contribution in [-0.2, 0) is 0 Å². The number of nitro groups is 1. The molecule has 0 heterocycles. The molecule has 1 rings (SSSR count). The van der Waals surface area contributed by atoms with E-state index in [4.69, 9.17) is 17.2 Å². The third-order valence-corrected chi connectivity index (χ3v) is 1.62. The number of rotatable bonds is 2. The summed E-state index contributed by atoms with van der Waals surface area (Å²) in [5.74, 6) is -1.57. The van der Waals surface area contributed by atoms with Crippen molar-refractivity contribution in [2.24, 2.45) is 27.2 Å². The van der Waals surface area contributed by atoms with Crippen molar-refractivity contribution in [1.82, 2.24) is 0 Å². The van der Waals surface area contributed by atoms with E-state index in [0.717, 1.165) is 18.2 Å². The van der Waals surface area contributed by atoms with Crippen LogP contribution >= 0.6 is 0 Å². The molecule has 90 valence electrons. The number of nitro benzene ring substituents is 1. The van der Waals surface area contributed by atoms with Crippen LogP contribution in [0.4, 0.5) is 15.8 Å². The fourth-order valence-corrected chi connectivity index (χ4v) is 0.981. The van der Waals surface area contributed by atoms with E-state index in [0.29, 0.717) is 0 Å². The molecule has 0 unspecified atom stereocenters. The molecule has 6 N–H and O–H groups in total. The number of hydrogen-bond donors (Lipinski definition) is 3. The van der Waals surface area contributed by atoms with Gasteiger partial charge in [0.05, 0.1) is 11.0 Å². The average Bonchev–Trinajstić information content (AvgIpc) is 2.19. The summed E-state index contributed by atoms with van der Waals surface area (Å²) in [6.45, 7) is 0. The summed E-state index contributed by atoms with van der Waals surface area (Å²) in [5, 5.41) is 10.4. The highest BCUT2D eigenvalue weighted by Crippen LogP contribution is 2.22. The van der Waals surface area contributed by atoms with Crippen LogP contribution in [0.3, 0.4) is 0 Å². The topological polar surface area (TPSA) is 146 Å². The van der Waals surface area contributed by atoms with Crippen molar-refractivity contribution in [1.29, 1.82) is 0 Å². The van der Waals surface area contributed by atoms with Crippen LogP contribution in [0.2, 0.25) is 0 Å². The predicted octanol–water partition coefficient (Wildman–Crippen LogP) is -0.0465. The molecule has 1 aromatic carbocycles. The zero-order valence-corrected chi connectivity index (χ0v) is 8.50. The van der Waals surface area contributed by atoms with Crippen LogP contribution in [0.25, 0.3) is 0 Å². The van der Waals surface area contributed by atoms with Crippen LogP contribution in [0, 0.1) is 15.9 Å². The highest BCUT2D eigenvalue weighted by atomic mass is 19.1. The average molecular weight is 240 g/mol. The molecule has 0 aromatic heterocycles. The highest BCUT2D eigenvalue weighted by Gasteiger charge is 2.10. The number of benzene rings is 1. The van der Waals surface area contributed by atoms with E-state index in [1.165, 1.54) is 0 Å². The lowest BCUT2D eigenvalue weighted by atomic mass is 10.3. The molecule has 9 heteroatoms. The van der Waals surface area contributed by atoms with Gasteiger partial charge in [-0.25, -0.2) is 9.38 Å². The molecular weight excluding hydrogens is 231 g/mol. The van der Waals surface area contributed by atoms with Crippen LogP contribution in [0.1, 0.15) is 0 Å². The van der Waals surface area contributed by atoms with Gasteiger partial charge in [0, 0.05) is 6.07 Å². The molecule has 17 heavy (non-hydrogen) atoms. The van der Waals surface area contributed by atoms with Crippen molar-refractivity contribution in [3.63, 3.8) is 0 Å². The van der Waals surface area contributed by atoms with Crippen LogP contribution in [-0.4, -0.2) is 16.8 Å². The second-order valence-corrected chi connectivity index (χ2v) is 2.90. The normalized spacial score (nSPS) is 11.0. The Morgan fingerprint density at radius 3 is 2.47 bits per heavy atom. The van der Waals surface area contributed by atoms with Gasteiger partial charge in [-0.15, -0.1) is 0 Å². The monoisotopic (exact) mass is 240 g/mol. The SMILES string of the molecule is NC(N)=NC(N)=Nc1ccc([N+](=O)[O-])cc1F. The first-order chi connectivity index (χ1) is 7.90. The first-order valence-electron chi connectivity index (χ1n) is 4.28. The Morgan fingerprint density at radius 2 is 2.00 bits per heavy atom. The van der Waals surface area contributed by atoms with E-state index in [-0.39, 0.29) is 23.3 Å². The Morgan fingerprint density at radius 1 is 1.35 bits per heavy atom. The quantitative estimate of drug-likeness (QED) is 0.287. The zero-order valence-electron chi connectivity index (χ0n) is 8.50. The van der Waals surface area contributed by atoms with Crippen molar-refractivity contribution in [2.45, 2.75) is 0 Å². The largest absolute Gasteiger partial charge is 0.370 e. The summed E-state index contributed by atoms with van der Waals surface area (Å²) >= 11 is 0. The van der Waals surface area contributed by atoms with Gasteiger partial charge in [0.2, 0.25) is 5.96 Å². The summed E-state index contributed by atoms with van der Waals surface area (Å²) in [6.07, 6.45) is 0. The van der Waals surface area contributed by atoms with Gasteiger partial charge in [0.15, 0.2) is 11.8 Å². The van der Waals surface area contributed by atoms with E-state index in [2.05, 4.69) is 9.98 Å². The minimum absolute atomic E-state index is 0.196. The van der Waals surface area contributed by atoms with Gasteiger partial charge in [0.1, 0.15) is 5.69 Å². The number of non-ortho nitro benzene ring substituents is 1. The van der Waals surface area contributed by atoms with Gasteiger partial charge < -0.3 is 17.2 Å². The van der Waals surface area contributed by atoms with E-state index in [9.17, 15) is 14.5 Å². The van der Waals surface area contributed by atoms with E-state index in [1.807, 2.05) is 0 Å². The van der Waals surface area contributed by atoms with Gasteiger partial charge in [0.25, 0.3) is 5.69 Å². The molecule has 0 fully saturated rings. The first kappa shape index (κ1) is 12.4. The maximum Gasteiger partial charge on any atom is 0.272 e. The van der Waals surface area contributed by atoms with Crippen LogP contribution in [0.5, 0.6) is 0 Å². The van der Waals surface area contributed by atoms with Gasteiger partial charge in [-0.05, 0) is 6.07 Å². The van der Waals surface area contributed by atoms with Crippen molar-refractivity contribution in [3.8, 4) is 0 Å². The third kappa shape index (κ3) is 3.41. The Kier molecular flexibility index (Phi) is 3.55. The molecule has 1 aromatic rings. The van der Waals surface area contributed by atoms with Gasteiger partial charge >= 0.3 is 0 Å². The number of nitrogens with two attached hydrogens (primary N) is 3. The highest BCUT2D eigenvalue weighted by molar-refractivity contribution is 5.93. The molecule has 0 saturated heterocycles. The number of guanidine groups is 2.